The summed E-state index contributed by atoms with van der Waals surface area (Å²) in [5, 5.41) is 12.1. The molecule has 0 spiro atoms. The van der Waals surface area contributed by atoms with Crippen LogP contribution in [0.4, 0.5) is 0 Å². The van der Waals surface area contributed by atoms with Gasteiger partial charge in [-0.05, 0) is 17.7 Å². The Balaban J connectivity index is 1.92. The zero-order valence-electron chi connectivity index (χ0n) is 11.5. The highest BCUT2D eigenvalue weighted by Crippen LogP contribution is 2.10. The second-order valence-corrected chi connectivity index (χ2v) is 5.50. The van der Waals surface area contributed by atoms with Crippen LogP contribution in [0.5, 0.6) is 0 Å². The quantitative estimate of drug-likeness (QED) is 0.664. The van der Waals surface area contributed by atoms with E-state index in [-0.39, 0.29) is 11.5 Å². The lowest BCUT2D eigenvalue weighted by Gasteiger charge is -2.26. The molecule has 0 aliphatic carbocycles. The molecule has 0 saturated carbocycles. The van der Waals surface area contributed by atoms with E-state index in [2.05, 4.69) is 21.2 Å². The first-order valence-corrected chi connectivity index (χ1v) is 7.45. The number of nitrogens with zero attached hydrogens (tertiary/aromatic N) is 2. The molecule has 0 unspecified atom stereocenters. The first-order chi connectivity index (χ1) is 10.2. The molecule has 21 heavy (non-hydrogen) atoms. The molecule has 110 valence electrons. The van der Waals surface area contributed by atoms with Crippen LogP contribution in [0, 0.1) is 11.3 Å². The fourth-order valence-electron chi connectivity index (χ4n) is 1.95. The number of rotatable bonds is 4. The van der Waals surface area contributed by atoms with E-state index in [1.165, 1.54) is 6.20 Å². The highest BCUT2D eigenvalue weighted by molar-refractivity contribution is 9.10. The molecule has 1 aliphatic heterocycles. The van der Waals surface area contributed by atoms with Gasteiger partial charge in [-0.3, -0.25) is 4.79 Å². The van der Waals surface area contributed by atoms with Crippen LogP contribution < -0.4 is 5.32 Å². The first-order valence-electron chi connectivity index (χ1n) is 6.66. The smallest absolute Gasteiger partial charge is 0.266 e. The highest BCUT2D eigenvalue weighted by atomic mass is 79.9. The Morgan fingerprint density at radius 1 is 1.38 bits per heavy atom. The summed E-state index contributed by atoms with van der Waals surface area (Å²) < 4.78 is 6.21. The third-order valence-electron chi connectivity index (χ3n) is 3.11. The number of benzene rings is 1. The number of ether oxygens (including phenoxy) is 1. The normalized spacial score (nSPS) is 15.4. The van der Waals surface area contributed by atoms with E-state index in [1.807, 2.05) is 30.3 Å². The van der Waals surface area contributed by atoms with E-state index in [0.717, 1.165) is 10.0 Å². The summed E-state index contributed by atoms with van der Waals surface area (Å²) >= 11 is 3.38. The zero-order valence-corrected chi connectivity index (χ0v) is 13.1. The number of morpholine rings is 1. The number of halogens is 1. The van der Waals surface area contributed by atoms with Gasteiger partial charge in [-0.15, -0.1) is 0 Å². The summed E-state index contributed by atoms with van der Waals surface area (Å²) in [5.41, 5.74) is 1.19. The van der Waals surface area contributed by atoms with Crippen molar-refractivity contribution in [1.29, 1.82) is 5.26 Å². The fraction of sp³-hybridized carbons (Fsp3) is 0.333. The largest absolute Gasteiger partial charge is 0.386 e. The lowest BCUT2D eigenvalue weighted by Crippen LogP contribution is -2.41. The van der Waals surface area contributed by atoms with Crippen molar-refractivity contribution in [2.24, 2.45) is 0 Å². The first kappa shape index (κ1) is 15.5. The van der Waals surface area contributed by atoms with E-state index < -0.39 is 0 Å². The van der Waals surface area contributed by atoms with Crippen molar-refractivity contribution in [2.45, 2.75) is 6.54 Å². The van der Waals surface area contributed by atoms with Crippen molar-refractivity contribution in [1.82, 2.24) is 10.2 Å². The van der Waals surface area contributed by atoms with Gasteiger partial charge in [0.1, 0.15) is 11.6 Å². The molecule has 2 rings (SSSR count). The molecule has 1 saturated heterocycles. The second-order valence-electron chi connectivity index (χ2n) is 4.58. The van der Waals surface area contributed by atoms with E-state index in [1.54, 1.807) is 4.90 Å². The second kappa shape index (κ2) is 7.81. The number of carbonyl (C=O) groups excluding carboxylic acids is 1. The molecule has 1 amide bonds. The Morgan fingerprint density at radius 2 is 2.05 bits per heavy atom. The molecule has 1 fully saturated rings. The monoisotopic (exact) mass is 349 g/mol. The summed E-state index contributed by atoms with van der Waals surface area (Å²) in [6, 6.07) is 9.80. The van der Waals surface area contributed by atoms with Crippen LogP contribution in [0.25, 0.3) is 0 Å². The van der Waals surface area contributed by atoms with Gasteiger partial charge < -0.3 is 15.0 Å². The molecule has 1 aliphatic rings. The van der Waals surface area contributed by atoms with Crippen molar-refractivity contribution in [3.63, 3.8) is 0 Å². The van der Waals surface area contributed by atoms with Gasteiger partial charge in [-0.25, -0.2) is 0 Å². The maximum atomic E-state index is 12.1. The summed E-state index contributed by atoms with van der Waals surface area (Å²) in [4.78, 5) is 13.8. The zero-order chi connectivity index (χ0) is 15.1. The molecule has 0 radical (unpaired) electrons. The fourth-order valence-corrected chi connectivity index (χ4v) is 2.22. The number of hydrogen-bond donors (Lipinski definition) is 1. The van der Waals surface area contributed by atoms with Crippen LogP contribution in [0.1, 0.15) is 5.56 Å². The lowest BCUT2D eigenvalue weighted by atomic mass is 10.2. The van der Waals surface area contributed by atoms with Crippen LogP contribution >= 0.6 is 15.9 Å². The van der Waals surface area contributed by atoms with Gasteiger partial charge in [0.2, 0.25) is 0 Å². The van der Waals surface area contributed by atoms with Crippen molar-refractivity contribution in [3.8, 4) is 6.07 Å². The predicted molar refractivity (Wildman–Crippen MR) is 82.1 cm³/mol. The van der Waals surface area contributed by atoms with Gasteiger partial charge >= 0.3 is 0 Å². The van der Waals surface area contributed by atoms with Crippen LogP contribution in [0.2, 0.25) is 0 Å². The van der Waals surface area contributed by atoms with Crippen molar-refractivity contribution < 1.29 is 9.53 Å². The molecule has 1 N–H and O–H groups in total. The minimum absolute atomic E-state index is 0.119. The predicted octanol–water partition coefficient (Wildman–Crippen LogP) is 1.80. The molecule has 1 heterocycles. The highest BCUT2D eigenvalue weighted by Gasteiger charge is 2.20. The Morgan fingerprint density at radius 3 is 2.67 bits per heavy atom. The number of nitriles is 1. The average Bonchev–Trinajstić information content (AvgIpc) is 2.53. The van der Waals surface area contributed by atoms with Crippen LogP contribution in [0.3, 0.4) is 0 Å². The minimum atomic E-state index is -0.246. The van der Waals surface area contributed by atoms with Crippen LogP contribution in [-0.4, -0.2) is 37.1 Å². The van der Waals surface area contributed by atoms with E-state index in [9.17, 15) is 4.79 Å². The molecule has 1 aromatic rings. The summed E-state index contributed by atoms with van der Waals surface area (Å²) in [7, 11) is 0. The summed E-state index contributed by atoms with van der Waals surface area (Å²) in [6.07, 6.45) is 1.49. The molecule has 6 heteroatoms. The van der Waals surface area contributed by atoms with Crippen molar-refractivity contribution in [3.05, 3.63) is 46.1 Å². The van der Waals surface area contributed by atoms with Gasteiger partial charge in [0, 0.05) is 30.3 Å². The van der Waals surface area contributed by atoms with Gasteiger partial charge in [0.05, 0.1) is 13.2 Å². The van der Waals surface area contributed by atoms with Gasteiger partial charge in [-0.1, -0.05) is 28.1 Å². The number of carbonyl (C=O) groups is 1. The standard InChI is InChI=1S/C15H16BrN3O2/c16-14-3-1-12(2-4-14)10-18-11-13(9-17)15(20)19-5-7-21-8-6-19/h1-4,11,18H,5-8,10H2/b13-11-. The lowest BCUT2D eigenvalue weighted by molar-refractivity contribution is -0.130. The number of nitrogens with one attached hydrogen (secondary N) is 1. The topological polar surface area (TPSA) is 65.4 Å². The number of amides is 1. The number of hydrogen-bond acceptors (Lipinski definition) is 4. The average molecular weight is 350 g/mol. The Kier molecular flexibility index (Phi) is 5.78. The Hall–Kier alpha value is -1.84. The molecular formula is C15H16BrN3O2. The minimum Gasteiger partial charge on any atom is -0.386 e. The summed E-state index contributed by atoms with van der Waals surface area (Å²) in [6.45, 7) is 2.68. The Labute approximate surface area is 132 Å². The van der Waals surface area contributed by atoms with Gasteiger partial charge in [0.15, 0.2) is 0 Å². The van der Waals surface area contributed by atoms with Gasteiger partial charge in [0.25, 0.3) is 5.91 Å². The van der Waals surface area contributed by atoms with Crippen LogP contribution in [-0.2, 0) is 16.1 Å². The van der Waals surface area contributed by atoms with E-state index in [0.29, 0.717) is 32.8 Å². The maximum Gasteiger partial charge on any atom is 0.266 e. The molecule has 0 aromatic heterocycles. The molecule has 0 atom stereocenters. The maximum absolute atomic E-state index is 12.1. The molecule has 5 nitrogen and oxygen atoms in total. The van der Waals surface area contributed by atoms with Crippen molar-refractivity contribution >= 4 is 21.8 Å². The van der Waals surface area contributed by atoms with Gasteiger partial charge in [-0.2, -0.15) is 5.26 Å². The van der Waals surface area contributed by atoms with E-state index >= 15 is 0 Å². The SMILES string of the molecule is N#C/C(=C/NCc1ccc(Br)cc1)C(=O)N1CCOCC1. The third kappa shape index (κ3) is 4.59. The van der Waals surface area contributed by atoms with E-state index in [4.69, 9.17) is 10.00 Å². The molecule has 0 bridgehead atoms. The summed E-state index contributed by atoms with van der Waals surface area (Å²) in [5.74, 6) is -0.246. The Bertz CT molecular complexity index is 557. The molecular weight excluding hydrogens is 334 g/mol. The third-order valence-corrected chi connectivity index (χ3v) is 3.64. The van der Waals surface area contributed by atoms with Crippen molar-refractivity contribution in [2.75, 3.05) is 26.3 Å². The molecule has 1 aromatic carbocycles. The van der Waals surface area contributed by atoms with Crippen LogP contribution in [0.15, 0.2) is 40.5 Å².